The summed E-state index contributed by atoms with van der Waals surface area (Å²) in [6.07, 6.45) is -4.36. The molecule has 0 aliphatic heterocycles. The van der Waals surface area contributed by atoms with E-state index >= 15 is 0 Å². The maximum atomic E-state index is 12.6. The molecule has 12 heteroatoms. The van der Waals surface area contributed by atoms with Crippen LogP contribution in [-0.2, 0) is 17.5 Å². The molecule has 0 saturated carbocycles. The number of benzene rings is 3. The number of non-ortho nitro benzene ring substituents is 2. The largest absolute Gasteiger partial charge is 0.416 e. The van der Waals surface area contributed by atoms with Gasteiger partial charge in [-0.05, 0) is 35.9 Å². The number of carbonyl (C=O) groups excluding carboxylic acids is 1. The summed E-state index contributed by atoms with van der Waals surface area (Å²) in [5.41, 5.74) is -0.260. The first-order valence-electron chi connectivity index (χ1n) is 10.0. The second-order valence-corrected chi connectivity index (χ2v) is 6.91. The molecule has 1 amide bonds. The van der Waals surface area contributed by atoms with Crippen LogP contribution >= 0.6 is 0 Å². The molecule has 0 unspecified atom stereocenters. The van der Waals surface area contributed by atoms with Crippen molar-refractivity contribution in [1.82, 2.24) is 5.32 Å². The highest BCUT2D eigenvalue weighted by Crippen LogP contribution is 2.29. The van der Waals surface area contributed by atoms with E-state index in [1.165, 1.54) is 24.3 Å². The monoisotopic (exact) mass is 491 g/mol. The molecule has 0 aliphatic carbocycles. The maximum absolute atomic E-state index is 12.6. The summed E-state index contributed by atoms with van der Waals surface area (Å²) >= 11 is 0. The van der Waals surface area contributed by atoms with Gasteiger partial charge in [-0.1, -0.05) is 30.3 Å². The van der Waals surface area contributed by atoms with E-state index in [9.17, 15) is 38.2 Å². The summed E-state index contributed by atoms with van der Waals surface area (Å²) < 4.78 is 43.0. The van der Waals surface area contributed by atoms with Crippen molar-refractivity contribution in [2.75, 3.05) is 13.2 Å². The Morgan fingerprint density at radius 2 is 1.46 bits per heavy atom. The first-order chi connectivity index (χ1) is 16.6. The second-order valence-electron chi connectivity index (χ2n) is 6.91. The lowest BCUT2D eigenvalue weighted by molar-refractivity contribution is -0.394. The van der Waals surface area contributed by atoms with Crippen molar-refractivity contribution >= 4 is 17.3 Å². The lowest BCUT2D eigenvalue weighted by Crippen LogP contribution is -2.27. The van der Waals surface area contributed by atoms with E-state index in [4.69, 9.17) is 4.74 Å². The van der Waals surface area contributed by atoms with Crippen LogP contribution in [0.2, 0.25) is 0 Å². The summed E-state index contributed by atoms with van der Waals surface area (Å²) in [7, 11) is 0. The van der Waals surface area contributed by atoms with Crippen LogP contribution in [0.25, 0.3) is 0 Å². The average molecular weight is 491 g/mol. The van der Waals surface area contributed by atoms with Crippen molar-refractivity contribution in [1.29, 1.82) is 0 Å². The number of nitrogens with one attached hydrogen (secondary N) is 1. The number of carbonyl (C=O) groups is 1. The molecule has 1 N–H and O–H groups in total. The van der Waals surface area contributed by atoms with Crippen molar-refractivity contribution in [3.63, 3.8) is 0 Å². The highest BCUT2D eigenvalue weighted by atomic mass is 19.4. The number of nitrogens with zero attached hydrogens (tertiary/aromatic N) is 2. The summed E-state index contributed by atoms with van der Waals surface area (Å²) in [5, 5.41) is 23.0. The Balaban J connectivity index is 0.000000303. The minimum Gasteiger partial charge on any atom is -0.375 e. The Morgan fingerprint density at radius 1 is 0.857 bits per heavy atom. The van der Waals surface area contributed by atoms with Crippen molar-refractivity contribution in [3.05, 3.63) is 116 Å². The van der Waals surface area contributed by atoms with Gasteiger partial charge in [-0.15, -0.1) is 0 Å². The van der Waals surface area contributed by atoms with Gasteiger partial charge in [-0.25, -0.2) is 0 Å². The molecule has 35 heavy (non-hydrogen) atoms. The van der Waals surface area contributed by atoms with Crippen molar-refractivity contribution < 1.29 is 32.5 Å². The van der Waals surface area contributed by atoms with E-state index in [0.717, 1.165) is 18.2 Å². The number of nitro groups is 2. The Kier molecular flexibility index (Phi) is 9.84. The van der Waals surface area contributed by atoms with E-state index < -0.39 is 21.6 Å². The number of hydrogen-bond acceptors (Lipinski definition) is 6. The number of ether oxygens (including phenoxy) is 1. The fraction of sp³-hybridized carbons (Fsp3) is 0.174. The van der Waals surface area contributed by atoms with Crippen LogP contribution in [0.4, 0.5) is 24.5 Å². The minimum atomic E-state index is -4.36. The molecule has 0 spiro atoms. The molecule has 3 rings (SSSR count). The summed E-state index contributed by atoms with van der Waals surface area (Å²) in [4.78, 5) is 30.7. The zero-order chi connectivity index (χ0) is 25.8. The number of rotatable bonds is 8. The molecule has 3 aromatic carbocycles. The van der Waals surface area contributed by atoms with Gasteiger partial charge in [-0.2, -0.15) is 13.2 Å². The zero-order valence-corrected chi connectivity index (χ0v) is 18.1. The predicted molar refractivity (Wildman–Crippen MR) is 120 cm³/mol. The Bertz CT molecular complexity index is 1130. The van der Waals surface area contributed by atoms with Gasteiger partial charge >= 0.3 is 6.18 Å². The van der Waals surface area contributed by atoms with Crippen LogP contribution in [0.3, 0.4) is 0 Å². The van der Waals surface area contributed by atoms with Crippen LogP contribution < -0.4 is 5.32 Å². The zero-order valence-electron chi connectivity index (χ0n) is 18.1. The molecule has 0 aromatic heterocycles. The Morgan fingerprint density at radius 3 is 2.03 bits per heavy atom. The molecular formula is C23H20F3N3O6. The number of halogens is 3. The highest BCUT2D eigenvalue weighted by molar-refractivity contribution is 5.94. The first-order valence-corrected chi connectivity index (χ1v) is 10.0. The SMILES string of the molecule is O=C(NCCOCc1cccc(C(F)(F)F)c1)c1ccccc1.O=[N+]([O-])c1cccc([N+](=O)[O-])c1. The van der Waals surface area contributed by atoms with Gasteiger partial charge in [-0.3, -0.25) is 25.0 Å². The van der Waals surface area contributed by atoms with Gasteiger partial charge in [0.2, 0.25) is 0 Å². The summed E-state index contributed by atoms with van der Waals surface area (Å²) in [5.74, 6) is -0.215. The summed E-state index contributed by atoms with van der Waals surface area (Å²) in [6.45, 7) is 0.562. The third-order valence-corrected chi connectivity index (χ3v) is 4.34. The summed E-state index contributed by atoms with van der Waals surface area (Å²) in [6, 6.07) is 18.3. The van der Waals surface area contributed by atoms with E-state index in [1.807, 2.05) is 6.07 Å². The lowest BCUT2D eigenvalue weighted by Gasteiger charge is -2.09. The molecule has 0 radical (unpaired) electrons. The van der Waals surface area contributed by atoms with Crippen LogP contribution in [-0.4, -0.2) is 28.9 Å². The number of alkyl halides is 3. The normalized spacial score (nSPS) is 10.6. The topological polar surface area (TPSA) is 125 Å². The fourth-order valence-electron chi connectivity index (χ4n) is 2.68. The third-order valence-electron chi connectivity index (χ3n) is 4.34. The van der Waals surface area contributed by atoms with Gasteiger partial charge in [0, 0.05) is 24.2 Å². The Hall–Kier alpha value is -4.32. The highest BCUT2D eigenvalue weighted by Gasteiger charge is 2.30. The second kappa shape index (κ2) is 12.8. The number of amides is 1. The molecule has 3 aromatic rings. The van der Waals surface area contributed by atoms with E-state index in [1.54, 1.807) is 30.3 Å². The number of nitro benzene ring substituents is 2. The molecule has 0 atom stereocenters. The maximum Gasteiger partial charge on any atom is 0.416 e. The molecule has 0 heterocycles. The predicted octanol–water partition coefficient (Wildman–Crippen LogP) is 5.16. The van der Waals surface area contributed by atoms with Gasteiger partial charge < -0.3 is 10.1 Å². The van der Waals surface area contributed by atoms with Crippen LogP contribution in [0.5, 0.6) is 0 Å². The molecule has 0 saturated heterocycles. The molecule has 184 valence electrons. The van der Waals surface area contributed by atoms with E-state index in [2.05, 4.69) is 5.32 Å². The molecule has 0 bridgehead atoms. The van der Waals surface area contributed by atoms with E-state index in [-0.39, 0.29) is 37.0 Å². The van der Waals surface area contributed by atoms with Crippen LogP contribution in [0.15, 0.2) is 78.9 Å². The average Bonchev–Trinajstić information content (AvgIpc) is 2.84. The third kappa shape index (κ3) is 9.21. The van der Waals surface area contributed by atoms with E-state index in [0.29, 0.717) is 11.1 Å². The van der Waals surface area contributed by atoms with Crippen molar-refractivity contribution in [2.45, 2.75) is 12.8 Å². The van der Waals surface area contributed by atoms with Crippen LogP contribution in [0.1, 0.15) is 21.5 Å². The van der Waals surface area contributed by atoms with Gasteiger partial charge in [0.1, 0.15) is 0 Å². The van der Waals surface area contributed by atoms with Crippen molar-refractivity contribution in [2.24, 2.45) is 0 Å². The molecule has 9 nitrogen and oxygen atoms in total. The smallest absolute Gasteiger partial charge is 0.375 e. The Labute approximate surface area is 197 Å². The fourth-order valence-corrected chi connectivity index (χ4v) is 2.68. The standard InChI is InChI=1S/C17H16F3NO2.C6H4N2O4/c18-17(19,20)15-8-4-5-13(11-15)12-23-10-9-21-16(22)14-6-2-1-3-7-14;9-7(10)5-2-1-3-6(4-5)8(11)12/h1-8,11H,9-10,12H2,(H,21,22);1-4H. The minimum absolute atomic E-state index is 0.0606. The van der Waals surface area contributed by atoms with Gasteiger partial charge in [0.25, 0.3) is 17.3 Å². The first kappa shape index (κ1) is 26.9. The van der Waals surface area contributed by atoms with Gasteiger partial charge in [0.15, 0.2) is 0 Å². The lowest BCUT2D eigenvalue weighted by atomic mass is 10.1. The molecule has 0 aliphatic rings. The molecular weight excluding hydrogens is 471 g/mol. The van der Waals surface area contributed by atoms with Crippen molar-refractivity contribution in [3.8, 4) is 0 Å². The van der Waals surface area contributed by atoms with Crippen LogP contribution in [0, 0.1) is 20.2 Å². The van der Waals surface area contributed by atoms with Gasteiger partial charge in [0.05, 0.1) is 34.7 Å². The quantitative estimate of drug-likeness (QED) is 0.264. The molecule has 0 fully saturated rings. The number of hydrogen-bond donors (Lipinski definition) is 1.